The Bertz CT molecular complexity index is 638. The van der Waals surface area contributed by atoms with Gasteiger partial charge in [0.05, 0.1) is 5.92 Å². The Hall–Kier alpha value is -2.49. The van der Waals surface area contributed by atoms with Crippen LogP contribution in [-0.2, 0) is 4.79 Å². The number of carbonyl (C=O) groups is 2. The lowest BCUT2D eigenvalue weighted by atomic mass is 9.93. The summed E-state index contributed by atoms with van der Waals surface area (Å²) in [6, 6.07) is 10.9. The summed E-state index contributed by atoms with van der Waals surface area (Å²) in [4.78, 5) is 28.0. The van der Waals surface area contributed by atoms with E-state index in [-0.39, 0.29) is 18.1 Å². The normalized spacial score (nSPS) is 16.8. The molecule has 2 aromatic rings. The zero-order chi connectivity index (χ0) is 13.2. The van der Waals surface area contributed by atoms with Gasteiger partial charge in [0.2, 0.25) is 5.91 Å². The first-order chi connectivity index (χ1) is 9.25. The quantitative estimate of drug-likeness (QED) is 0.853. The summed E-state index contributed by atoms with van der Waals surface area (Å²) in [5.41, 5.74) is 2.24. The highest BCUT2D eigenvalue weighted by atomic mass is 16.2. The minimum Gasteiger partial charge on any atom is -0.325 e. The van der Waals surface area contributed by atoms with Gasteiger partial charge in [0, 0.05) is 30.1 Å². The number of ketones is 1. The predicted octanol–water partition coefficient (Wildman–Crippen LogP) is 2.39. The lowest BCUT2D eigenvalue weighted by molar-refractivity contribution is -0.117. The van der Waals surface area contributed by atoms with Gasteiger partial charge in [0.1, 0.15) is 0 Å². The van der Waals surface area contributed by atoms with E-state index in [0.29, 0.717) is 5.56 Å². The molecule has 1 aromatic carbocycles. The molecule has 1 aromatic heterocycles. The molecule has 0 bridgehead atoms. The third kappa shape index (κ3) is 2.12. The molecule has 1 aliphatic rings. The fourth-order valence-corrected chi connectivity index (χ4v) is 2.31. The molecule has 2 heterocycles. The molecule has 1 amide bonds. The van der Waals surface area contributed by atoms with Gasteiger partial charge in [-0.1, -0.05) is 18.2 Å². The van der Waals surface area contributed by atoms with Gasteiger partial charge in [-0.2, -0.15) is 0 Å². The van der Waals surface area contributed by atoms with E-state index in [9.17, 15) is 9.59 Å². The topological polar surface area (TPSA) is 59.1 Å². The average molecular weight is 252 g/mol. The van der Waals surface area contributed by atoms with E-state index >= 15 is 0 Å². The number of Topliss-reactive ketones (excluding diaryl/α,β-unsaturated/α-hetero) is 1. The summed E-state index contributed by atoms with van der Waals surface area (Å²) >= 11 is 0. The van der Waals surface area contributed by atoms with Crippen molar-refractivity contribution in [3.05, 3.63) is 59.9 Å². The van der Waals surface area contributed by atoms with E-state index in [1.54, 1.807) is 18.3 Å². The molecule has 1 N–H and O–H groups in total. The zero-order valence-electron chi connectivity index (χ0n) is 10.2. The number of fused-ring (bicyclic) bond motifs is 1. The monoisotopic (exact) mass is 252 g/mol. The standard InChI is InChI=1S/C15H12N2O2/c18-14(10-4-3-7-16-9-10)8-12-11-5-1-2-6-13(11)17-15(12)19/h1-7,9,12H,8H2,(H,17,19). The first kappa shape index (κ1) is 11.6. The molecule has 0 saturated heterocycles. The Morgan fingerprint density at radius 3 is 2.84 bits per heavy atom. The third-order valence-corrected chi connectivity index (χ3v) is 3.28. The first-order valence-electron chi connectivity index (χ1n) is 6.09. The molecule has 19 heavy (non-hydrogen) atoms. The Balaban J connectivity index is 1.85. The van der Waals surface area contributed by atoms with Crippen LogP contribution in [0.5, 0.6) is 0 Å². The number of pyridine rings is 1. The number of nitrogens with zero attached hydrogens (tertiary/aromatic N) is 1. The average Bonchev–Trinajstić information content (AvgIpc) is 2.76. The van der Waals surface area contributed by atoms with Crippen molar-refractivity contribution in [2.75, 3.05) is 5.32 Å². The minimum atomic E-state index is -0.399. The minimum absolute atomic E-state index is 0.0649. The summed E-state index contributed by atoms with van der Waals surface area (Å²) in [6.07, 6.45) is 3.32. The van der Waals surface area contributed by atoms with E-state index in [1.807, 2.05) is 24.3 Å². The van der Waals surface area contributed by atoms with Crippen molar-refractivity contribution < 1.29 is 9.59 Å². The van der Waals surface area contributed by atoms with Crippen LogP contribution in [0.3, 0.4) is 0 Å². The first-order valence-corrected chi connectivity index (χ1v) is 6.09. The van der Waals surface area contributed by atoms with Crippen LogP contribution in [0.25, 0.3) is 0 Å². The number of hydrogen-bond donors (Lipinski definition) is 1. The van der Waals surface area contributed by atoms with Crippen LogP contribution in [-0.4, -0.2) is 16.7 Å². The molecule has 0 saturated carbocycles. The van der Waals surface area contributed by atoms with Gasteiger partial charge in [-0.05, 0) is 23.8 Å². The molecular formula is C15H12N2O2. The van der Waals surface area contributed by atoms with E-state index in [4.69, 9.17) is 0 Å². The van der Waals surface area contributed by atoms with Gasteiger partial charge < -0.3 is 5.32 Å². The van der Waals surface area contributed by atoms with Crippen LogP contribution < -0.4 is 5.32 Å². The number of benzene rings is 1. The van der Waals surface area contributed by atoms with Crippen molar-refractivity contribution in [1.82, 2.24) is 4.98 Å². The van der Waals surface area contributed by atoms with Gasteiger partial charge in [-0.3, -0.25) is 14.6 Å². The van der Waals surface area contributed by atoms with E-state index in [2.05, 4.69) is 10.3 Å². The summed E-state index contributed by atoms with van der Waals surface area (Å²) in [5.74, 6) is -0.577. The molecule has 1 atom stereocenters. The molecule has 0 spiro atoms. The summed E-state index contributed by atoms with van der Waals surface area (Å²) < 4.78 is 0. The van der Waals surface area contributed by atoms with Gasteiger partial charge >= 0.3 is 0 Å². The molecule has 0 fully saturated rings. The second kappa shape index (κ2) is 4.65. The molecule has 0 aliphatic carbocycles. The van der Waals surface area contributed by atoms with Crippen LogP contribution in [0, 0.1) is 0 Å². The lowest BCUT2D eigenvalue weighted by Crippen LogP contribution is -2.16. The summed E-state index contributed by atoms with van der Waals surface area (Å²) in [5, 5.41) is 2.80. The number of aromatic nitrogens is 1. The zero-order valence-corrected chi connectivity index (χ0v) is 10.2. The van der Waals surface area contributed by atoms with Gasteiger partial charge in [0.25, 0.3) is 0 Å². The Morgan fingerprint density at radius 2 is 2.05 bits per heavy atom. The van der Waals surface area contributed by atoms with E-state index < -0.39 is 5.92 Å². The largest absolute Gasteiger partial charge is 0.325 e. The van der Waals surface area contributed by atoms with Crippen molar-refractivity contribution in [1.29, 1.82) is 0 Å². The van der Waals surface area contributed by atoms with E-state index in [1.165, 1.54) is 6.20 Å². The molecule has 4 heteroatoms. The number of hydrogen-bond acceptors (Lipinski definition) is 3. The van der Waals surface area contributed by atoms with Crippen molar-refractivity contribution >= 4 is 17.4 Å². The fourth-order valence-electron chi connectivity index (χ4n) is 2.31. The highest BCUT2D eigenvalue weighted by Crippen LogP contribution is 2.34. The number of nitrogens with one attached hydrogen (secondary N) is 1. The van der Waals surface area contributed by atoms with E-state index in [0.717, 1.165) is 11.3 Å². The highest BCUT2D eigenvalue weighted by molar-refractivity contribution is 6.07. The fraction of sp³-hybridized carbons (Fsp3) is 0.133. The smallest absolute Gasteiger partial charge is 0.232 e. The van der Waals surface area contributed by atoms with Crippen molar-refractivity contribution in [2.24, 2.45) is 0 Å². The molecule has 1 aliphatic heterocycles. The Labute approximate surface area is 110 Å². The molecule has 4 nitrogen and oxygen atoms in total. The van der Waals surface area contributed by atoms with Crippen LogP contribution in [0.1, 0.15) is 28.3 Å². The maximum absolute atomic E-state index is 12.1. The number of anilines is 1. The Morgan fingerprint density at radius 1 is 1.21 bits per heavy atom. The molecule has 1 unspecified atom stereocenters. The van der Waals surface area contributed by atoms with Crippen LogP contribution >= 0.6 is 0 Å². The van der Waals surface area contributed by atoms with Crippen LogP contribution in [0.2, 0.25) is 0 Å². The SMILES string of the molecule is O=C(CC1C(=O)Nc2ccccc21)c1cccnc1. The van der Waals surface area contributed by atoms with Crippen molar-refractivity contribution in [2.45, 2.75) is 12.3 Å². The summed E-state index contributed by atoms with van der Waals surface area (Å²) in [7, 11) is 0. The van der Waals surface area contributed by atoms with Crippen molar-refractivity contribution in [3.8, 4) is 0 Å². The maximum atomic E-state index is 12.1. The second-order valence-corrected chi connectivity index (χ2v) is 4.50. The van der Waals surface area contributed by atoms with Gasteiger partial charge in [-0.15, -0.1) is 0 Å². The van der Waals surface area contributed by atoms with Crippen LogP contribution in [0.4, 0.5) is 5.69 Å². The van der Waals surface area contributed by atoms with Crippen LogP contribution in [0.15, 0.2) is 48.8 Å². The maximum Gasteiger partial charge on any atom is 0.232 e. The highest BCUT2D eigenvalue weighted by Gasteiger charge is 2.32. The molecular weight excluding hydrogens is 240 g/mol. The number of para-hydroxylation sites is 1. The predicted molar refractivity (Wildman–Crippen MR) is 71.0 cm³/mol. The molecule has 0 radical (unpaired) electrons. The lowest BCUT2D eigenvalue weighted by Gasteiger charge is -2.07. The number of amides is 1. The summed E-state index contributed by atoms with van der Waals surface area (Å²) in [6.45, 7) is 0. The van der Waals surface area contributed by atoms with Gasteiger partial charge in [-0.25, -0.2) is 0 Å². The Kier molecular flexibility index (Phi) is 2.83. The third-order valence-electron chi connectivity index (χ3n) is 3.28. The molecule has 3 rings (SSSR count). The van der Waals surface area contributed by atoms with Gasteiger partial charge in [0.15, 0.2) is 5.78 Å². The number of carbonyl (C=O) groups excluding carboxylic acids is 2. The van der Waals surface area contributed by atoms with Crippen molar-refractivity contribution in [3.63, 3.8) is 0 Å². The molecule has 94 valence electrons. The second-order valence-electron chi connectivity index (χ2n) is 4.50. The number of rotatable bonds is 3.